The van der Waals surface area contributed by atoms with E-state index in [4.69, 9.17) is 19.1 Å². The van der Waals surface area contributed by atoms with Crippen molar-refractivity contribution >= 4 is 51.8 Å². The molecule has 3 aromatic carbocycles. The molecule has 46 heavy (non-hydrogen) atoms. The van der Waals surface area contributed by atoms with Crippen molar-refractivity contribution in [1.82, 2.24) is 0 Å². The second-order valence-electron chi connectivity index (χ2n) is 10.8. The molecule has 1 saturated heterocycles. The third-order valence-electron chi connectivity index (χ3n) is 7.25. The second kappa shape index (κ2) is 14.7. The molecule has 1 aliphatic rings. The van der Waals surface area contributed by atoms with Gasteiger partial charge in [0, 0.05) is 48.0 Å². The number of allylic oxidation sites excluding steroid dienone is 2. The zero-order chi connectivity index (χ0) is 33.5. The van der Waals surface area contributed by atoms with Gasteiger partial charge >= 0.3 is 11.9 Å². The normalized spacial score (nSPS) is 15.1. The van der Waals surface area contributed by atoms with E-state index in [-0.39, 0.29) is 17.6 Å². The van der Waals surface area contributed by atoms with E-state index in [1.54, 1.807) is 32.9 Å². The van der Waals surface area contributed by atoms with E-state index in [2.05, 4.69) is 10.3 Å². The van der Waals surface area contributed by atoms with Gasteiger partial charge in [0.2, 0.25) is 0 Å². The van der Waals surface area contributed by atoms with Crippen molar-refractivity contribution in [2.24, 2.45) is 10.3 Å². The number of oxime groups is 2. The van der Waals surface area contributed by atoms with Crippen molar-refractivity contribution in [1.29, 1.82) is 0 Å². The topological polar surface area (TPSA) is 140 Å². The van der Waals surface area contributed by atoms with Crippen LogP contribution >= 0.6 is 0 Å². The fraction of sp³-hybridized carbons (Fsp3) is 0.286. The number of Topliss-reactive ketones (excluding diaryl/α,β-unsaturated/α-hetero) is 1. The van der Waals surface area contributed by atoms with Crippen molar-refractivity contribution in [2.75, 3.05) is 18.1 Å². The molecule has 1 heterocycles. The molecule has 0 radical (unpaired) electrons. The number of phenolic OH excluding ortho intramolecular Hbond substituents is 1. The fourth-order valence-electron chi connectivity index (χ4n) is 4.84. The highest BCUT2D eigenvalue weighted by atomic mass is 16.7. The van der Waals surface area contributed by atoms with Crippen molar-refractivity contribution in [3.05, 3.63) is 82.9 Å². The minimum atomic E-state index is -0.571. The number of nitrogens with zero attached hydrogens (tertiary/aromatic N) is 3. The Balaban J connectivity index is 1.92. The number of carbonyl (C=O) groups excluding carboxylic acids is 3. The van der Waals surface area contributed by atoms with Gasteiger partial charge in [0.25, 0.3) is 0 Å². The molecule has 1 fully saturated rings. The number of hydrogen-bond acceptors (Lipinski definition) is 11. The molecule has 11 nitrogen and oxygen atoms in total. The molecule has 1 N–H and O–H groups in total. The Labute approximate surface area is 267 Å². The maximum Gasteiger partial charge on any atom is 0.331 e. The number of aromatic hydroxyl groups is 1. The number of ether oxygens (including phenoxy) is 2. The molecule has 1 aliphatic heterocycles. The third kappa shape index (κ3) is 8.05. The van der Waals surface area contributed by atoms with Gasteiger partial charge < -0.3 is 29.2 Å². The number of anilines is 3. The Morgan fingerprint density at radius 3 is 2.09 bits per heavy atom. The van der Waals surface area contributed by atoms with Crippen LogP contribution in [0.1, 0.15) is 58.2 Å². The van der Waals surface area contributed by atoms with Gasteiger partial charge in [-0.05, 0) is 76.1 Å². The van der Waals surface area contributed by atoms with Gasteiger partial charge in [-0.1, -0.05) is 34.6 Å². The maximum atomic E-state index is 13.1. The predicted octanol–water partition coefficient (Wildman–Crippen LogP) is 6.54. The lowest BCUT2D eigenvalue weighted by Gasteiger charge is -2.29. The number of rotatable bonds is 12. The molecular formula is C35H37N3O8. The molecule has 11 heteroatoms. The molecule has 3 aromatic rings. The van der Waals surface area contributed by atoms with E-state index < -0.39 is 11.9 Å². The quantitative estimate of drug-likeness (QED) is 0.0780. The van der Waals surface area contributed by atoms with Gasteiger partial charge in [-0.15, -0.1) is 0 Å². The maximum absolute atomic E-state index is 13.1. The van der Waals surface area contributed by atoms with Crippen molar-refractivity contribution < 1.29 is 38.6 Å². The molecule has 0 amide bonds. The number of hydrogen-bond donors (Lipinski definition) is 1. The van der Waals surface area contributed by atoms with Crippen LogP contribution in [0.5, 0.6) is 11.5 Å². The highest BCUT2D eigenvalue weighted by Crippen LogP contribution is 2.45. The van der Waals surface area contributed by atoms with Crippen LogP contribution in [0.3, 0.4) is 0 Å². The van der Waals surface area contributed by atoms with Crippen molar-refractivity contribution in [3.8, 4) is 11.5 Å². The molecule has 4 rings (SSSR count). The summed E-state index contributed by atoms with van der Waals surface area (Å²) in [5, 5.41) is 18.8. The molecule has 0 aliphatic carbocycles. The van der Waals surface area contributed by atoms with Gasteiger partial charge in [0.1, 0.15) is 24.2 Å². The summed E-state index contributed by atoms with van der Waals surface area (Å²) in [5.74, 6) is -0.906. The molecule has 1 atom stereocenters. The molecule has 0 bridgehead atoms. The minimum Gasteiger partial charge on any atom is -0.507 e. The summed E-state index contributed by atoms with van der Waals surface area (Å²) >= 11 is 0. The number of para-hydroxylation sites is 1. The molecule has 0 saturated carbocycles. The van der Waals surface area contributed by atoms with Crippen molar-refractivity contribution in [3.63, 3.8) is 0 Å². The van der Waals surface area contributed by atoms with E-state index in [0.717, 1.165) is 5.69 Å². The molecular weight excluding hydrogens is 590 g/mol. The number of benzene rings is 3. The lowest BCUT2D eigenvalue weighted by molar-refractivity contribution is -0.141. The van der Waals surface area contributed by atoms with Gasteiger partial charge in [0.15, 0.2) is 5.78 Å². The Kier molecular flexibility index (Phi) is 10.7. The van der Waals surface area contributed by atoms with Crippen LogP contribution in [0.2, 0.25) is 0 Å². The van der Waals surface area contributed by atoms with Crippen LogP contribution in [0.15, 0.2) is 76.5 Å². The average Bonchev–Trinajstić information content (AvgIpc) is 3.84. The summed E-state index contributed by atoms with van der Waals surface area (Å²) < 4.78 is 11.8. The number of epoxide rings is 1. The van der Waals surface area contributed by atoms with Gasteiger partial charge in [0.05, 0.1) is 23.7 Å². The van der Waals surface area contributed by atoms with Crippen molar-refractivity contribution in [2.45, 2.75) is 54.6 Å². The smallest absolute Gasteiger partial charge is 0.331 e. The summed E-state index contributed by atoms with van der Waals surface area (Å²) in [4.78, 5) is 47.2. The molecule has 0 aromatic heterocycles. The van der Waals surface area contributed by atoms with Crippen LogP contribution in [0.4, 0.5) is 17.1 Å². The molecule has 0 spiro atoms. The highest BCUT2D eigenvalue weighted by Gasteiger charge is 2.28. The summed E-state index contributed by atoms with van der Waals surface area (Å²) in [6.45, 7) is 11.8. The Bertz CT molecular complexity index is 1740. The van der Waals surface area contributed by atoms with Gasteiger partial charge in [-0.3, -0.25) is 4.79 Å². The molecule has 240 valence electrons. The van der Waals surface area contributed by atoms with Gasteiger partial charge in [-0.2, -0.15) is 0 Å². The SMILES string of the molecule is CC(=O)O/N=C(/C)c1ccc(N(c2ccccc2)c2ccc(/C(C(C)=O)=C(C)/C(C)=N/OC(C)=O)c(C)c2OCC2CO2)cc1O. The van der Waals surface area contributed by atoms with Crippen LogP contribution in [-0.4, -0.2) is 53.6 Å². The first-order valence-corrected chi connectivity index (χ1v) is 14.6. The Morgan fingerprint density at radius 1 is 0.870 bits per heavy atom. The van der Waals surface area contributed by atoms with E-state index in [1.807, 2.05) is 60.4 Å². The van der Waals surface area contributed by atoms with E-state index in [9.17, 15) is 19.5 Å². The first-order valence-electron chi connectivity index (χ1n) is 14.6. The van der Waals surface area contributed by atoms with Crippen LogP contribution in [0.25, 0.3) is 5.57 Å². The number of ketones is 1. The largest absolute Gasteiger partial charge is 0.507 e. The Morgan fingerprint density at radius 2 is 1.50 bits per heavy atom. The summed E-state index contributed by atoms with van der Waals surface area (Å²) in [6, 6.07) is 18.3. The zero-order valence-corrected chi connectivity index (χ0v) is 26.9. The monoisotopic (exact) mass is 627 g/mol. The predicted molar refractivity (Wildman–Crippen MR) is 175 cm³/mol. The van der Waals surface area contributed by atoms with Gasteiger partial charge in [-0.25, -0.2) is 9.59 Å². The first-order chi connectivity index (χ1) is 21.9. The fourth-order valence-corrected chi connectivity index (χ4v) is 4.84. The first kappa shape index (κ1) is 33.6. The second-order valence-corrected chi connectivity index (χ2v) is 10.8. The standard InChI is InChI=1S/C35H37N3O8/c1-20(22(3)36-45-25(6)40)34(24(5)39)30-15-16-32(35(21(30)2)44-19-29-18-43-29)38(27-11-9-8-10-12-27)28-13-14-31(33(42)17-28)23(4)37-46-26(7)41/h8-17,29,42H,18-19H2,1-7H3/b34-20+,36-22+,37-23-. The molecule has 1 unspecified atom stereocenters. The Hall–Kier alpha value is -5.29. The summed E-state index contributed by atoms with van der Waals surface area (Å²) in [6.07, 6.45) is -0.0495. The average molecular weight is 628 g/mol. The lowest BCUT2D eigenvalue weighted by atomic mass is 9.91. The highest BCUT2D eigenvalue weighted by molar-refractivity contribution is 6.26. The number of phenols is 1. The zero-order valence-electron chi connectivity index (χ0n) is 26.9. The van der Waals surface area contributed by atoms with E-state index in [1.165, 1.54) is 20.8 Å². The summed E-state index contributed by atoms with van der Waals surface area (Å²) in [5.41, 5.74) is 5.40. The van der Waals surface area contributed by atoms with Crippen LogP contribution in [0, 0.1) is 6.92 Å². The minimum absolute atomic E-state index is 0.0495. The number of carbonyl (C=O) groups is 3. The third-order valence-corrected chi connectivity index (χ3v) is 7.25. The van der Waals surface area contributed by atoms with Crippen LogP contribution in [-0.2, 0) is 28.8 Å². The van der Waals surface area contributed by atoms with Crippen LogP contribution < -0.4 is 9.64 Å². The lowest BCUT2D eigenvalue weighted by Crippen LogP contribution is -2.16. The van der Waals surface area contributed by atoms with E-state index in [0.29, 0.717) is 69.6 Å². The van der Waals surface area contributed by atoms with E-state index >= 15 is 0 Å². The summed E-state index contributed by atoms with van der Waals surface area (Å²) in [7, 11) is 0.